The van der Waals surface area contributed by atoms with Gasteiger partial charge in [0.05, 0.1) is 6.10 Å². The van der Waals surface area contributed by atoms with Gasteiger partial charge in [-0.1, -0.05) is 0 Å². The summed E-state index contributed by atoms with van der Waals surface area (Å²) < 4.78 is 5.17. The number of alkyl carbamates (subject to hydrolysis) is 1. The van der Waals surface area contributed by atoms with Gasteiger partial charge in [-0.15, -0.1) is 0 Å². The largest absolute Gasteiger partial charge is 0.480 e. The van der Waals surface area contributed by atoms with Crippen LogP contribution in [0.5, 0.6) is 0 Å². The third kappa shape index (κ3) is 4.37. The molecule has 0 aromatic rings. The highest BCUT2D eigenvalue weighted by Crippen LogP contribution is 2.31. The molecule has 0 bridgehead atoms. The Bertz CT molecular complexity index is 515. The Kier molecular flexibility index (Phi) is 5.37. The van der Waals surface area contributed by atoms with Crippen LogP contribution in [0.15, 0.2) is 0 Å². The third-order valence-corrected chi connectivity index (χ3v) is 4.36. The Balaban J connectivity index is 2.16. The normalized spacial score (nSPS) is 31.0. The van der Waals surface area contributed by atoms with E-state index in [1.165, 1.54) is 4.90 Å². The van der Waals surface area contributed by atoms with Crippen molar-refractivity contribution in [1.29, 1.82) is 0 Å². The van der Waals surface area contributed by atoms with E-state index in [-0.39, 0.29) is 12.5 Å². The van der Waals surface area contributed by atoms with E-state index < -0.39 is 41.8 Å². The lowest BCUT2D eigenvalue weighted by molar-refractivity contribution is -0.151. The van der Waals surface area contributed by atoms with Gasteiger partial charge in [-0.2, -0.15) is 0 Å². The highest BCUT2D eigenvalue weighted by molar-refractivity contribution is 5.90. The first-order valence-electron chi connectivity index (χ1n) is 8.31. The van der Waals surface area contributed by atoms with Crippen molar-refractivity contribution in [3.8, 4) is 0 Å². The second-order valence-electron chi connectivity index (χ2n) is 7.50. The van der Waals surface area contributed by atoms with E-state index in [1.807, 2.05) is 0 Å². The van der Waals surface area contributed by atoms with Crippen LogP contribution in [0.4, 0.5) is 4.79 Å². The Hall–Kier alpha value is -1.83. The van der Waals surface area contributed by atoms with Gasteiger partial charge in [0.2, 0.25) is 5.91 Å². The molecule has 2 aliphatic heterocycles. The molecule has 0 unspecified atom stereocenters. The van der Waals surface area contributed by atoms with Crippen molar-refractivity contribution < 1.29 is 29.3 Å². The lowest BCUT2D eigenvalue weighted by Gasteiger charge is -2.35. The summed E-state index contributed by atoms with van der Waals surface area (Å²) in [5.74, 6) is -1.47. The molecule has 0 aromatic heterocycles. The van der Waals surface area contributed by atoms with Crippen LogP contribution in [0.1, 0.15) is 52.9 Å². The quantitative estimate of drug-likeness (QED) is 0.686. The number of carboxylic acids is 1. The molecule has 8 heteroatoms. The lowest BCUT2D eigenvalue weighted by atomic mass is 9.97. The van der Waals surface area contributed by atoms with E-state index in [1.54, 1.807) is 20.8 Å². The van der Waals surface area contributed by atoms with E-state index >= 15 is 0 Å². The topological polar surface area (TPSA) is 116 Å². The highest BCUT2D eigenvalue weighted by atomic mass is 16.6. The molecule has 0 aliphatic carbocycles. The van der Waals surface area contributed by atoms with Gasteiger partial charge >= 0.3 is 12.1 Å². The average molecular weight is 342 g/mol. The number of nitrogens with one attached hydrogen (secondary N) is 1. The second kappa shape index (κ2) is 6.96. The van der Waals surface area contributed by atoms with Crippen LogP contribution in [-0.4, -0.2) is 62.9 Å². The number of aliphatic hydroxyl groups excluding tert-OH is 1. The van der Waals surface area contributed by atoms with Crippen LogP contribution in [-0.2, 0) is 14.3 Å². The fourth-order valence-electron chi connectivity index (χ4n) is 3.37. The van der Waals surface area contributed by atoms with Gasteiger partial charge in [0.1, 0.15) is 17.7 Å². The molecule has 2 amide bonds. The Labute approximate surface area is 141 Å². The SMILES string of the molecule is CC(C)(C)OC(=O)N[C@H]1CC[C@H](O)C[C@H]2CC[C@@H](C(=O)O)N2C1=O. The van der Waals surface area contributed by atoms with E-state index in [4.69, 9.17) is 4.74 Å². The summed E-state index contributed by atoms with van der Waals surface area (Å²) in [7, 11) is 0. The Morgan fingerprint density at radius 2 is 1.88 bits per heavy atom. The van der Waals surface area contributed by atoms with Crippen molar-refractivity contribution in [2.75, 3.05) is 0 Å². The monoisotopic (exact) mass is 342 g/mol. The minimum absolute atomic E-state index is 0.245. The van der Waals surface area contributed by atoms with E-state index in [2.05, 4.69) is 5.32 Å². The van der Waals surface area contributed by atoms with Gasteiger partial charge in [0.15, 0.2) is 0 Å². The molecule has 8 nitrogen and oxygen atoms in total. The number of aliphatic hydroxyl groups is 1. The maximum Gasteiger partial charge on any atom is 0.408 e. The third-order valence-electron chi connectivity index (χ3n) is 4.36. The molecule has 3 N–H and O–H groups in total. The molecular formula is C16H26N2O6. The van der Waals surface area contributed by atoms with Gasteiger partial charge in [0, 0.05) is 6.04 Å². The van der Waals surface area contributed by atoms with Crippen LogP contribution >= 0.6 is 0 Å². The number of carboxylic acid groups (broad SMARTS) is 1. The molecule has 24 heavy (non-hydrogen) atoms. The van der Waals surface area contributed by atoms with Crippen molar-refractivity contribution in [3.05, 3.63) is 0 Å². The molecule has 0 radical (unpaired) electrons. The van der Waals surface area contributed by atoms with E-state index in [9.17, 15) is 24.6 Å². The van der Waals surface area contributed by atoms with Crippen LogP contribution in [0.3, 0.4) is 0 Å². The molecule has 2 rings (SSSR count). The van der Waals surface area contributed by atoms with E-state index in [0.29, 0.717) is 25.7 Å². The zero-order valence-corrected chi connectivity index (χ0v) is 14.3. The van der Waals surface area contributed by atoms with Crippen molar-refractivity contribution in [2.24, 2.45) is 0 Å². The average Bonchev–Trinajstić information content (AvgIpc) is 2.82. The van der Waals surface area contributed by atoms with Crippen LogP contribution in [0.25, 0.3) is 0 Å². The first-order chi connectivity index (χ1) is 11.1. The summed E-state index contributed by atoms with van der Waals surface area (Å²) in [5.41, 5.74) is -0.700. The van der Waals surface area contributed by atoms with Gasteiger partial charge in [-0.05, 0) is 52.9 Å². The van der Waals surface area contributed by atoms with Gasteiger partial charge < -0.3 is 25.2 Å². The summed E-state index contributed by atoms with van der Waals surface area (Å²) in [5, 5.41) is 22.0. The summed E-state index contributed by atoms with van der Waals surface area (Å²) >= 11 is 0. The maximum absolute atomic E-state index is 12.8. The second-order valence-corrected chi connectivity index (χ2v) is 7.50. The van der Waals surface area contributed by atoms with Gasteiger partial charge in [-0.25, -0.2) is 9.59 Å². The standard InChI is InChI=1S/C16H26N2O6/c1-16(2,3)24-15(23)17-11-6-5-10(19)8-9-4-7-12(14(21)22)18(9)13(11)20/h9-12,19H,4-8H2,1-3H3,(H,17,23)(H,21,22)/t9-,10+,11+,12+/m1/s1. The zero-order valence-electron chi connectivity index (χ0n) is 14.3. The predicted octanol–water partition coefficient (Wildman–Crippen LogP) is 0.869. The summed E-state index contributed by atoms with van der Waals surface area (Å²) in [6.45, 7) is 5.15. The number of ether oxygens (including phenoxy) is 1. The number of aliphatic carboxylic acids is 1. The summed E-state index contributed by atoms with van der Waals surface area (Å²) in [4.78, 5) is 37.5. The minimum Gasteiger partial charge on any atom is -0.480 e. The first-order valence-corrected chi connectivity index (χ1v) is 8.31. The minimum atomic E-state index is -1.06. The molecule has 2 aliphatic rings. The number of fused-ring (bicyclic) bond motifs is 1. The predicted molar refractivity (Wildman–Crippen MR) is 84.3 cm³/mol. The van der Waals surface area contributed by atoms with Gasteiger partial charge in [-0.3, -0.25) is 4.79 Å². The van der Waals surface area contributed by atoms with Crippen molar-refractivity contribution in [1.82, 2.24) is 10.2 Å². The molecule has 2 fully saturated rings. The van der Waals surface area contributed by atoms with Crippen molar-refractivity contribution in [2.45, 2.75) is 82.7 Å². The molecule has 0 aromatic carbocycles. The lowest BCUT2D eigenvalue weighted by Crippen LogP contribution is -2.56. The zero-order chi connectivity index (χ0) is 18.1. The Morgan fingerprint density at radius 1 is 1.21 bits per heavy atom. The van der Waals surface area contributed by atoms with Crippen LogP contribution in [0.2, 0.25) is 0 Å². The molecule has 0 spiro atoms. The molecule has 2 saturated heterocycles. The highest BCUT2D eigenvalue weighted by Gasteiger charge is 2.45. The maximum atomic E-state index is 12.8. The number of rotatable bonds is 2. The fraction of sp³-hybridized carbons (Fsp3) is 0.812. The number of hydrogen-bond acceptors (Lipinski definition) is 5. The summed E-state index contributed by atoms with van der Waals surface area (Å²) in [6.07, 6.45) is 0.536. The van der Waals surface area contributed by atoms with Crippen LogP contribution < -0.4 is 5.32 Å². The van der Waals surface area contributed by atoms with E-state index in [0.717, 1.165) is 0 Å². The number of hydrogen-bond donors (Lipinski definition) is 3. The summed E-state index contributed by atoms with van der Waals surface area (Å²) in [6, 6.07) is -2.11. The molecule has 0 saturated carbocycles. The first kappa shape index (κ1) is 18.5. The van der Waals surface area contributed by atoms with Crippen molar-refractivity contribution >= 4 is 18.0 Å². The number of nitrogens with zero attached hydrogens (tertiary/aromatic N) is 1. The molecule has 2 heterocycles. The fourth-order valence-corrected chi connectivity index (χ4v) is 3.37. The molecule has 136 valence electrons. The molecule has 4 atom stereocenters. The number of carbonyl (C=O) groups excluding carboxylic acids is 2. The number of amides is 2. The number of carbonyl (C=O) groups is 3. The smallest absolute Gasteiger partial charge is 0.408 e. The van der Waals surface area contributed by atoms with Crippen LogP contribution in [0, 0.1) is 0 Å². The van der Waals surface area contributed by atoms with Crippen molar-refractivity contribution in [3.63, 3.8) is 0 Å². The Morgan fingerprint density at radius 3 is 2.46 bits per heavy atom. The van der Waals surface area contributed by atoms with Gasteiger partial charge in [0.25, 0.3) is 0 Å². The molecular weight excluding hydrogens is 316 g/mol.